The largest absolute Gasteiger partial charge is 0.315 e. The van der Waals surface area contributed by atoms with Crippen molar-refractivity contribution in [3.63, 3.8) is 0 Å². The molecule has 0 saturated carbocycles. The van der Waals surface area contributed by atoms with Crippen LogP contribution in [0.15, 0.2) is 42.5 Å². The third-order valence-electron chi connectivity index (χ3n) is 4.45. The molecule has 1 aliphatic heterocycles. The Bertz CT molecular complexity index is 879. The van der Waals surface area contributed by atoms with Crippen molar-refractivity contribution < 1.29 is 21.6 Å². The molecule has 9 heteroatoms. The molecule has 2 unspecified atom stereocenters. The molecule has 2 atom stereocenters. The number of benzene rings is 2. The van der Waals surface area contributed by atoms with Gasteiger partial charge in [0.2, 0.25) is 10.0 Å². The first-order valence-corrected chi connectivity index (χ1v) is 9.89. The normalized spacial score (nSPS) is 20.1. The minimum Gasteiger partial charge on any atom is -0.315 e. The van der Waals surface area contributed by atoms with Gasteiger partial charge < -0.3 is 5.32 Å². The zero-order valence-corrected chi connectivity index (χ0v) is 15.9. The van der Waals surface area contributed by atoms with E-state index in [0.717, 1.165) is 12.1 Å². The third-order valence-corrected chi connectivity index (χ3v) is 5.83. The van der Waals surface area contributed by atoms with E-state index >= 15 is 0 Å². The molecule has 0 amide bonds. The number of nitrogens with one attached hydrogen (secondary N) is 2. The highest BCUT2D eigenvalue weighted by molar-refractivity contribution is 7.88. The molecular formula is C18H20ClF3N2O2S. The highest BCUT2D eigenvalue weighted by Gasteiger charge is 2.30. The van der Waals surface area contributed by atoms with Gasteiger partial charge in [-0.15, -0.1) is 12.4 Å². The molecule has 0 spiro atoms. The first-order valence-electron chi connectivity index (χ1n) is 8.24. The minimum absolute atomic E-state index is 0. The number of hydrogen-bond donors (Lipinski definition) is 2. The van der Waals surface area contributed by atoms with Gasteiger partial charge in [-0.2, -0.15) is 0 Å². The summed E-state index contributed by atoms with van der Waals surface area (Å²) in [6.07, 6.45) is 0.592. The van der Waals surface area contributed by atoms with Gasteiger partial charge in [0.05, 0.1) is 5.75 Å². The summed E-state index contributed by atoms with van der Waals surface area (Å²) in [4.78, 5) is 0. The molecule has 2 aromatic rings. The number of rotatable bonds is 5. The molecule has 2 aromatic carbocycles. The average molecular weight is 421 g/mol. The van der Waals surface area contributed by atoms with Crippen LogP contribution in [0.3, 0.4) is 0 Å². The maximum atomic E-state index is 13.6. The quantitative estimate of drug-likeness (QED) is 0.781. The van der Waals surface area contributed by atoms with Gasteiger partial charge in [-0.3, -0.25) is 0 Å². The summed E-state index contributed by atoms with van der Waals surface area (Å²) in [5, 5.41) is 3.11. The Labute approximate surface area is 162 Å². The lowest BCUT2D eigenvalue weighted by molar-refractivity contribution is 0.376. The van der Waals surface area contributed by atoms with Crippen LogP contribution in [0, 0.1) is 17.5 Å². The van der Waals surface area contributed by atoms with Gasteiger partial charge in [-0.05, 0) is 48.4 Å². The van der Waals surface area contributed by atoms with Gasteiger partial charge in [-0.25, -0.2) is 26.3 Å². The molecule has 1 heterocycles. The Morgan fingerprint density at radius 2 is 1.74 bits per heavy atom. The summed E-state index contributed by atoms with van der Waals surface area (Å²) >= 11 is 0. The number of piperidine rings is 1. The summed E-state index contributed by atoms with van der Waals surface area (Å²) in [7, 11) is -3.69. The van der Waals surface area contributed by atoms with Crippen LogP contribution < -0.4 is 10.0 Å². The molecule has 1 fully saturated rings. The van der Waals surface area contributed by atoms with Crippen LogP contribution >= 0.6 is 12.4 Å². The summed E-state index contributed by atoms with van der Waals surface area (Å²) in [5.74, 6) is -2.87. The molecule has 0 bridgehead atoms. The summed E-state index contributed by atoms with van der Waals surface area (Å²) in [6.45, 7) is 1.03. The smallest absolute Gasteiger partial charge is 0.216 e. The number of halogens is 4. The third kappa shape index (κ3) is 5.68. The molecule has 4 nitrogen and oxygen atoms in total. The Morgan fingerprint density at radius 3 is 2.41 bits per heavy atom. The van der Waals surface area contributed by atoms with Gasteiger partial charge in [0.25, 0.3) is 0 Å². The van der Waals surface area contributed by atoms with Crippen LogP contribution in [0.2, 0.25) is 0 Å². The molecule has 148 valence electrons. The van der Waals surface area contributed by atoms with Crippen molar-refractivity contribution in [2.45, 2.75) is 24.1 Å². The van der Waals surface area contributed by atoms with Crippen LogP contribution in [-0.2, 0) is 15.8 Å². The Morgan fingerprint density at radius 1 is 1.04 bits per heavy atom. The molecule has 2 N–H and O–H groups in total. The monoisotopic (exact) mass is 420 g/mol. The van der Waals surface area contributed by atoms with E-state index in [1.54, 1.807) is 0 Å². The fourth-order valence-electron chi connectivity index (χ4n) is 3.20. The first kappa shape index (κ1) is 21.7. The van der Waals surface area contributed by atoms with E-state index in [1.807, 2.05) is 0 Å². The lowest BCUT2D eigenvalue weighted by Gasteiger charge is -2.33. The molecular weight excluding hydrogens is 401 g/mol. The molecule has 27 heavy (non-hydrogen) atoms. The van der Waals surface area contributed by atoms with Gasteiger partial charge in [-0.1, -0.05) is 18.2 Å². The van der Waals surface area contributed by atoms with Gasteiger partial charge in [0.1, 0.15) is 5.82 Å². The van der Waals surface area contributed by atoms with Crippen molar-refractivity contribution in [3.05, 3.63) is 71.0 Å². The molecule has 1 saturated heterocycles. The predicted molar refractivity (Wildman–Crippen MR) is 99.8 cm³/mol. The molecule has 0 aromatic heterocycles. The number of hydrogen-bond acceptors (Lipinski definition) is 3. The zero-order valence-electron chi connectivity index (χ0n) is 14.3. The second-order valence-electron chi connectivity index (χ2n) is 6.38. The fraction of sp³-hybridized carbons (Fsp3) is 0.333. The highest BCUT2D eigenvalue weighted by Crippen LogP contribution is 2.27. The maximum absolute atomic E-state index is 13.6. The maximum Gasteiger partial charge on any atom is 0.216 e. The van der Waals surface area contributed by atoms with Gasteiger partial charge in [0, 0.05) is 18.5 Å². The highest BCUT2D eigenvalue weighted by atomic mass is 35.5. The van der Waals surface area contributed by atoms with E-state index in [4.69, 9.17) is 0 Å². The van der Waals surface area contributed by atoms with E-state index in [0.29, 0.717) is 30.6 Å². The van der Waals surface area contributed by atoms with Gasteiger partial charge in [0.15, 0.2) is 11.6 Å². The number of sulfonamides is 1. The molecule has 0 aliphatic carbocycles. The van der Waals surface area contributed by atoms with Crippen molar-refractivity contribution in [3.8, 4) is 0 Å². The summed E-state index contributed by atoms with van der Waals surface area (Å²) in [5.41, 5.74) is 1.02. The van der Waals surface area contributed by atoms with Crippen LogP contribution in [0.25, 0.3) is 0 Å². The Kier molecular flexibility index (Phi) is 7.27. The predicted octanol–water partition coefficient (Wildman–Crippen LogP) is 3.09. The molecule has 0 radical (unpaired) electrons. The van der Waals surface area contributed by atoms with Crippen molar-refractivity contribution >= 4 is 22.4 Å². The van der Waals surface area contributed by atoms with Crippen molar-refractivity contribution in [1.82, 2.24) is 10.0 Å². The molecule has 1 aliphatic rings. The lowest BCUT2D eigenvalue weighted by atomic mass is 9.86. The second-order valence-corrected chi connectivity index (χ2v) is 8.14. The van der Waals surface area contributed by atoms with Crippen LogP contribution in [0.1, 0.15) is 23.5 Å². The summed E-state index contributed by atoms with van der Waals surface area (Å²) in [6, 6.07) is 8.41. The zero-order chi connectivity index (χ0) is 18.7. The van der Waals surface area contributed by atoms with Crippen molar-refractivity contribution in [1.29, 1.82) is 0 Å². The van der Waals surface area contributed by atoms with E-state index < -0.39 is 33.5 Å². The van der Waals surface area contributed by atoms with Crippen LogP contribution in [0.5, 0.6) is 0 Å². The van der Waals surface area contributed by atoms with E-state index in [-0.39, 0.29) is 24.1 Å². The lowest BCUT2D eigenvalue weighted by Crippen LogP contribution is -2.50. The van der Waals surface area contributed by atoms with Gasteiger partial charge >= 0.3 is 0 Å². The van der Waals surface area contributed by atoms with Crippen molar-refractivity contribution in [2.24, 2.45) is 0 Å². The average Bonchev–Trinajstić information content (AvgIpc) is 2.59. The summed E-state index contributed by atoms with van der Waals surface area (Å²) < 4.78 is 67.3. The van der Waals surface area contributed by atoms with E-state index in [2.05, 4.69) is 10.0 Å². The van der Waals surface area contributed by atoms with E-state index in [9.17, 15) is 21.6 Å². The second kappa shape index (κ2) is 9.05. The van der Waals surface area contributed by atoms with E-state index in [1.165, 1.54) is 30.3 Å². The topological polar surface area (TPSA) is 58.2 Å². The molecule has 3 rings (SSSR count). The van der Waals surface area contributed by atoms with Crippen LogP contribution in [0.4, 0.5) is 13.2 Å². The Balaban J connectivity index is 0.00000261. The SMILES string of the molecule is Cl.O=S(=O)(Cc1ccc(F)cc1)NC1CNCCC1c1ccc(F)c(F)c1. The van der Waals surface area contributed by atoms with Crippen LogP contribution in [-0.4, -0.2) is 27.5 Å². The fourth-order valence-corrected chi connectivity index (χ4v) is 4.62. The standard InChI is InChI=1S/C18H19F3N2O2S.ClH/c19-14-4-1-12(2-5-14)11-26(24,25)23-18-10-22-8-7-15(18)13-3-6-16(20)17(21)9-13;/h1-6,9,15,18,22-23H,7-8,10-11H2;1H. The minimum atomic E-state index is -3.69. The first-order chi connectivity index (χ1) is 12.3. The van der Waals surface area contributed by atoms with Crippen molar-refractivity contribution in [2.75, 3.05) is 13.1 Å². The Hall–Kier alpha value is -1.61.